The van der Waals surface area contributed by atoms with Crippen molar-refractivity contribution in [2.24, 2.45) is 0 Å². The first-order chi connectivity index (χ1) is 9.25. The van der Waals surface area contributed by atoms with E-state index in [1.54, 1.807) is 17.8 Å². The Labute approximate surface area is 139 Å². The normalized spacial score (nSPS) is 13.8. The maximum atomic E-state index is 12.6. The largest absolute Gasteiger partial charge is 0.244 e. The molecule has 0 spiro atoms. The summed E-state index contributed by atoms with van der Waals surface area (Å²) < 4.78 is 26.5. The van der Waals surface area contributed by atoms with Crippen LogP contribution in [0.25, 0.3) is 0 Å². The Kier molecular flexibility index (Phi) is 6.96. The second kappa shape index (κ2) is 7.56. The van der Waals surface area contributed by atoms with Crippen molar-refractivity contribution in [1.29, 1.82) is 0 Å². The predicted octanol–water partition coefficient (Wildman–Crippen LogP) is 4.10. The quantitative estimate of drug-likeness (QED) is 0.701. The van der Waals surface area contributed by atoms with Crippen molar-refractivity contribution >= 4 is 56.6 Å². The van der Waals surface area contributed by atoms with Gasteiger partial charge >= 0.3 is 0 Å². The van der Waals surface area contributed by atoms with Crippen molar-refractivity contribution in [1.82, 2.24) is 4.31 Å². The van der Waals surface area contributed by atoms with Crippen LogP contribution >= 0.6 is 46.6 Å². The molecule has 0 saturated heterocycles. The van der Waals surface area contributed by atoms with E-state index >= 15 is 0 Å². The van der Waals surface area contributed by atoms with Gasteiger partial charge in [-0.1, -0.05) is 23.2 Å². The van der Waals surface area contributed by atoms with Gasteiger partial charge in [0.05, 0.1) is 5.02 Å². The number of hydrogen-bond donors (Lipinski definition) is 0. The highest BCUT2D eigenvalue weighted by atomic mass is 35.5. The van der Waals surface area contributed by atoms with Crippen molar-refractivity contribution in [2.75, 3.05) is 19.1 Å². The third-order valence-corrected chi connectivity index (χ3v) is 6.79. The average Bonchev–Trinajstić information content (AvgIpc) is 2.40. The maximum Gasteiger partial charge on any atom is 0.244 e. The van der Waals surface area contributed by atoms with Crippen LogP contribution in [0.2, 0.25) is 10.0 Å². The third kappa shape index (κ3) is 3.96. The fourth-order valence-corrected chi connectivity index (χ4v) is 4.99. The summed E-state index contributed by atoms with van der Waals surface area (Å²) in [6.45, 7) is 1.84. The van der Waals surface area contributed by atoms with E-state index in [0.717, 1.165) is 0 Å². The Morgan fingerprint density at radius 2 is 1.95 bits per heavy atom. The summed E-state index contributed by atoms with van der Waals surface area (Å²) in [5.74, 6) is 0.794. The van der Waals surface area contributed by atoms with Gasteiger partial charge in [0, 0.05) is 29.7 Å². The number of hydrogen-bond acceptors (Lipinski definition) is 3. The smallest absolute Gasteiger partial charge is 0.207 e. The zero-order valence-electron chi connectivity index (χ0n) is 11.4. The maximum absolute atomic E-state index is 12.6. The highest BCUT2D eigenvalue weighted by molar-refractivity contribution is 7.98. The van der Waals surface area contributed by atoms with Crippen LogP contribution in [0, 0.1) is 0 Å². The van der Waals surface area contributed by atoms with E-state index in [0.29, 0.717) is 16.3 Å². The summed E-state index contributed by atoms with van der Waals surface area (Å²) in [7, 11) is -2.17. The zero-order valence-corrected chi connectivity index (χ0v) is 15.3. The number of alkyl halides is 1. The first kappa shape index (κ1) is 18.4. The number of nitrogens with zero attached hydrogens (tertiary/aromatic N) is 1. The van der Waals surface area contributed by atoms with Crippen molar-refractivity contribution in [3.63, 3.8) is 0 Å². The standard InChI is InChI=1S/C12H16Cl3NO2S2/c1-8(7-19-3)16(2)20(17,18)11-5-10(14)4-9(6-13)12(11)15/h4-5,8H,6-7H2,1-3H3. The molecule has 8 heteroatoms. The highest BCUT2D eigenvalue weighted by Crippen LogP contribution is 2.32. The van der Waals surface area contributed by atoms with E-state index in [1.807, 2.05) is 13.2 Å². The number of rotatable bonds is 6. The van der Waals surface area contributed by atoms with E-state index < -0.39 is 10.0 Å². The van der Waals surface area contributed by atoms with Crippen molar-refractivity contribution < 1.29 is 8.42 Å². The van der Waals surface area contributed by atoms with E-state index in [-0.39, 0.29) is 21.8 Å². The van der Waals surface area contributed by atoms with Gasteiger partial charge in [-0.25, -0.2) is 8.42 Å². The minimum atomic E-state index is -3.70. The first-order valence-electron chi connectivity index (χ1n) is 5.76. The molecule has 0 aliphatic rings. The summed E-state index contributed by atoms with van der Waals surface area (Å²) in [6.07, 6.45) is 1.93. The van der Waals surface area contributed by atoms with Crippen LogP contribution in [0.3, 0.4) is 0 Å². The van der Waals surface area contributed by atoms with E-state index in [4.69, 9.17) is 34.8 Å². The molecule has 0 radical (unpaired) electrons. The first-order valence-corrected chi connectivity index (χ1v) is 9.89. The fourth-order valence-electron chi connectivity index (χ4n) is 1.64. The van der Waals surface area contributed by atoms with E-state index in [1.165, 1.54) is 17.4 Å². The molecule has 20 heavy (non-hydrogen) atoms. The molecule has 1 atom stereocenters. The second-order valence-corrected chi connectivity index (χ2v) is 8.29. The minimum Gasteiger partial charge on any atom is -0.207 e. The number of sulfonamides is 1. The third-order valence-electron chi connectivity index (χ3n) is 2.91. The molecule has 0 aliphatic carbocycles. The van der Waals surface area contributed by atoms with Crippen molar-refractivity contribution in [3.05, 3.63) is 27.7 Å². The van der Waals surface area contributed by atoms with Gasteiger partial charge in [-0.15, -0.1) is 11.6 Å². The monoisotopic (exact) mass is 375 g/mol. The Balaban J connectivity index is 3.32. The molecule has 0 amide bonds. The molecular weight excluding hydrogens is 361 g/mol. The molecule has 0 heterocycles. The highest BCUT2D eigenvalue weighted by Gasteiger charge is 2.28. The zero-order chi connectivity index (χ0) is 15.5. The van der Waals surface area contributed by atoms with Crippen LogP contribution in [0.5, 0.6) is 0 Å². The van der Waals surface area contributed by atoms with Crippen molar-refractivity contribution in [3.8, 4) is 0 Å². The molecule has 0 saturated carbocycles. The molecule has 0 bridgehead atoms. The van der Waals surface area contributed by atoms with Gasteiger partial charge in [0.25, 0.3) is 0 Å². The Morgan fingerprint density at radius 3 is 2.45 bits per heavy atom. The lowest BCUT2D eigenvalue weighted by molar-refractivity contribution is 0.415. The molecule has 3 nitrogen and oxygen atoms in total. The Morgan fingerprint density at radius 1 is 1.35 bits per heavy atom. The summed E-state index contributed by atoms with van der Waals surface area (Å²) >= 11 is 19.4. The molecule has 1 aromatic carbocycles. The molecule has 1 unspecified atom stereocenters. The van der Waals surface area contributed by atoms with Crippen LogP contribution in [0.1, 0.15) is 12.5 Å². The van der Waals surface area contributed by atoms with Crippen LogP contribution in [-0.4, -0.2) is 37.8 Å². The SMILES string of the molecule is CSCC(C)N(C)S(=O)(=O)c1cc(Cl)cc(CCl)c1Cl. The molecule has 0 aliphatic heterocycles. The molecule has 1 aromatic rings. The van der Waals surface area contributed by atoms with Gasteiger partial charge in [0.1, 0.15) is 4.90 Å². The van der Waals surface area contributed by atoms with Gasteiger partial charge in [0.2, 0.25) is 10.0 Å². The molecule has 0 N–H and O–H groups in total. The van der Waals surface area contributed by atoms with Gasteiger partial charge in [0.15, 0.2) is 0 Å². The fraction of sp³-hybridized carbons (Fsp3) is 0.500. The van der Waals surface area contributed by atoms with Crippen LogP contribution in [-0.2, 0) is 15.9 Å². The molecule has 0 aromatic heterocycles. The van der Waals surface area contributed by atoms with Gasteiger partial charge in [-0.05, 0) is 30.9 Å². The van der Waals surface area contributed by atoms with Crippen LogP contribution in [0.15, 0.2) is 17.0 Å². The number of halogens is 3. The molecular formula is C12H16Cl3NO2S2. The summed E-state index contributed by atoms with van der Waals surface area (Å²) in [6, 6.07) is 2.78. The lowest BCUT2D eigenvalue weighted by Gasteiger charge is -2.24. The van der Waals surface area contributed by atoms with Crippen LogP contribution in [0.4, 0.5) is 0 Å². The lowest BCUT2D eigenvalue weighted by Crippen LogP contribution is -2.36. The van der Waals surface area contributed by atoms with Gasteiger partial charge in [-0.3, -0.25) is 0 Å². The molecule has 114 valence electrons. The summed E-state index contributed by atoms with van der Waals surface area (Å²) in [5.41, 5.74) is 0.505. The minimum absolute atomic E-state index is 0.00207. The van der Waals surface area contributed by atoms with E-state index in [9.17, 15) is 8.42 Å². The van der Waals surface area contributed by atoms with Gasteiger partial charge < -0.3 is 0 Å². The topological polar surface area (TPSA) is 37.4 Å². The summed E-state index contributed by atoms with van der Waals surface area (Å²) in [4.78, 5) is -0.00207. The Bertz CT molecular complexity index is 578. The second-order valence-electron chi connectivity index (χ2n) is 4.34. The molecule has 0 fully saturated rings. The van der Waals surface area contributed by atoms with Crippen LogP contribution < -0.4 is 0 Å². The van der Waals surface area contributed by atoms with Gasteiger partial charge in [-0.2, -0.15) is 16.1 Å². The predicted molar refractivity (Wildman–Crippen MR) is 88.8 cm³/mol. The van der Waals surface area contributed by atoms with Crippen molar-refractivity contribution in [2.45, 2.75) is 23.7 Å². The number of thioether (sulfide) groups is 1. The molecule has 1 rings (SSSR count). The Hall–Kier alpha value is 0.350. The lowest BCUT2D eigenvalue weighted by atomic mass is 10.2. The number of benzene rings is 1. The summed E-state index contributed by atoms with van der Waals surface area (Å²) in [5, 5.41) is 0.433. The van der Waals surface area contributed by atoms with E-state index in [2.05, 4.69) is 0 Å². The average molecular weight is 377 g/mol.